The molecule has 0 aliphatic heterocycles. The second kappa shape index (κ2) is 9.50. The molecule has 1 amide bonds. The molecule has 0 aliphatic carbocycles. The Balaban J connectivity index is 1.36. The van der Waals surface area contributed by atoms with Crippen LogP contribution in [0.5, 0.6) is 0 Å². The van der Waals surface area contributed by atoms with Gasteiger partial charge in [-0.25, -0.2) is 9.97 Å². The number of nitrogens with one attached hydrogen (secondary N) is 1. The highest BCUT2D eigenvalue weighted by Crippen LogP contribution is 2.35. The van der Waals surface area contributed by atoms with E-state index in [9.17, 15) is 4.79 Å². The number of aromatic nitrogens is 2. The van der Waals surface area contributed by atoms with Gasteiger partial charge in [-0.2, -0.15) is 0 Å². The molecular weight excluding hydrogens is 392 g/mol. The number of benzene rings is 2. The van der Waals surface area contributed by atoms with Crippen LogP contribution in [0.3, 0.4) is 0 Å². The Morgan fingerprint density at radius 1 is 1.03 bits per heavy atom. The van der Waals surface area contributed by atoms with Crippen molar-refractivity contribution in [2.24, 2.45) is 0 Å². The third kappa shape index (κ3) is 4.83. The number of carbonyl (C=O) groups excluding carboxylic acids is 1. The van der Waals surface area contributed by atoms with E-state index in [0.717, 1.165) is 22.5 Å². The highest BCUT2D eigenvalue weighted by molar-refractivity contribution is 7.21. The van der Waals surface area contributed by atoms with Crippen molar-refractivity contribution in [3.05, 3.63) is 78.6 Å². The summed E-state index contributed by atoms with van der Waals surface area (Å²) in [5.74, 6) is 0.911. The largest absolute Gasteiger partial charge is 0.359 e. The topological polar surface area (TPSA) is 58.1 Å². The van der Waals surface area contributed by atoms with Crippen molar-refractivity contribution in [3.63, 3.8) is 0 Å². The zero-order valence-corrected chi connectivity index (χ0v) is 17.7. The van der Waals surface area contributed by atoms with Crippen molar-refractivity contribution >= 4 is 33.3 Å². The van der Waals surface area contributed by atoms with Crippen LogP contribution in [0.4, 0.5) is 5.82 Å². The van der Waals surface area contributed by atoms with Crippen molar-refractivity contribution in [1.29, 1.82) is 0 Å². The first-order valence-corrected chi connectivity index (χ1v) is 10.8. The van der Waals surface area contributed by atoms with E-state index in [4.69, 9.17) is 0 Å². The van der Waals surface area contributed by atoms with Gasteiger partial charge in [0, 0.05) is 31.4 Å². The third-order valence-corrected chi connectivity index (χ3v) is 6.07. The van der Waals surface area contributed by atoms with Gasteiger partial charge in [-0.3, -0.25) is 4.79 Å². The number of fused-ring (bicyclic) bond motifs is 1. The lowest BCUT2D eigenvalue weighted by Crippen LogP contribution is -2.30. The van der Waals surface area contributed by atoms with Crippen LogP contribution in [0, 0.1) is 0 Å². The molecule has 0 saturated heterocycles. The van der Waals surface area contributed by atoms with Crippen LogP contribution >= 0.6 is 11.3 Å². The lowest BCUT2D eigenvalue weighted by Gasteiger charge is -2.18. The zero-order valence-electron chi connectivity index (χ0n) is 16.9. The number of nitrogens with zero attached hydrogens (tertiary/aromatic N) is 3. The number of thiophene rings is 1. The van der Waals surface area contributed by atoms with Gasteiger partial charge in [0.25, 0.3) is 0 Å². The minimum Gasteiger partial charge on any atom is -0.359 e. The minimum absolute atomic E-state index is 0.0541. The molecule has 4 aromatic rings. The van der Waals surface area contributed by atoms with E-state index in [1.54, 1.807) is 17.7 Å². The Hall–Kier alpha value is -3.25. The first kappa shape index (κ1) is 20.0. The number of hydrogen-bond donors (Lipinski definition) is 1. The molecule has 0 bridgehead atoms. The molecule has 2 aromatic carbocycles. The molecule has 4 rings (SSSR count). The van der Waals surface area contributed by atoms with Gasteiger partial charge in [0.15, 0.2) is 0 Å². The van der Waals surface area contributed by atoms with E-state index in [2.05, 4.69) is 45.6 Å². The molecule has 0 aliphatic rings. The van der Waals surface area contributed by atoms with E-state index < -0.39 is 0 Å². The maximum absolute atomic E-state index is 12.3. The number of amides is 1. The number of anilines is 1. The molecule has 30 heavy (non-hydrogen) atoms. The quantitative estimate of drug-likeness (QED) is 0.458. The molecule has 5 nitrogen and oxygen atoms in total. The van der Waals surface area contributed by atoms with Gasteiger partial charge in [0.2, 0.25) is 5.91 Å². The second-order valence-corrected chi connectivity index (χ2v) is 8.18. The average molecular weight is 417 g/mol. The summed E-state index contributed by atoms with van der Waals surface area (Å²) in [6, 6.07) is 22.6. The molecule has 2 heterocycles. The van der Waals surface area contributed by atoms with Crippen molar-refractivity contribution in [3.8, 4) is 10.4 Å². The maximum atomic E-state index is 12.3. The fourth-order valence-electron chi connectivity index (χ4n) is 3.35. The summed E-state index contributed by atoms with van der Waals surface area (Å²) in [6.45, 7) is 1.25. The number of rotatable bonds is 8. The summed E-state index contributed by atoms with van der Waals surface area (Å²) in [5.41, 5.74) is 2.40. The Kier molecular flexibility index (Phi) is 6.35. The lowest BCUT2D eigenvalue weighted by molar-refractivity contribution is -0.120. The summed E-state index contributed by atoms with van der Waals surface area (Å²) in [4.78, 5) is 25.3. The zero-order chi connectivity index (χ0) is 20.8. The van der Waals surface area contributed by atoms with Crippen molar-refractivity contribution < 1.29 is 4.79 Å². The fraction of sp³-hybridized carbons (Fsp3) is 0.208. The van der Waals surface area contributed by atoms with E-state index in [1.165, 1.54) is 16.0 Å². The summed E-state index contributed by atoms with van der Waals surface area (Å²) in [7, 11) is 1.97. The monoisotopic (exact) mass is 416 g/mol. The van der Waals surface area contributed by atoms with Gasteiger partial charge in [0.1, 0.15) is 17.0 Å². The first-order chi connectivity index (χ1) is 14.7. The Morgan fingerprint density at radius 2 is 1.77 bits per heavy atom. The van der Waals surface area contributed by atoms with Crippen LogP contribution in [0.25, 0.3) is 20.7 Å². The van der Waals surface area contributed by atoms with Gasteiger partial charge >= 0.3 is 0 Å². The Morgan fingerprint density at radius 3 is 2.53 bits per heavy atom. The van der Waals surface area contributed by atoms with Crippen LogP contribution in [0.1, 0.15) is 12.0 Å². The molecule has 0 unspecified atom stereocenters. The van der Waals surface area contributed by atoms with Crippen LogP contribution in [0.15, 0.2) is 73.1 Å². The highest BCUT2D eigenvalue weighted by Gasteiger charge is 2.14. The van der Waals surface area contributed by atoms with E-state index in [0.29, 0.717) is 19.5 Å². The molecule has 0 spiro atoms. The maximum Gasteiger partial charge on any atom is 0.221 e. The molecule has 1 N–H and O–H groups in total. The third-order valence-electron chi connectivity index (χ3n) is 4.98. The highest BCUT2D eigenvalue weighted by atomic mass is 32.1. The van der Waals surface area contributed by atoms with Crippen molar-refractivity contribution in [2.45, 2.75) is 12.8 Å². The van der Waals surface area contributed by atoms with Gasteiger partial charge in [-0.05, 0) is 23.6 Å². The predicted molar refractivity (Wildman–Crippen MR) is 124 cm³/mol. The van der Waals surface area contributed by atoms with Crippen LogP contribution in [0.2, 0.25) is 0 Å². The summed E-state index contributed by atoms with van der Waals surface area (Å²) >= 11 is 1.66. The number of hydrogen-bond acceptors (Lipinski definition) is 5. The Labute approximate surface area is 180 Å². The lowest BCUT2D eigenvalue weighted by atomic mass is 10.1. The molecule has 2 aromatic heterocycles. The standard InChI is InChI=1S/C24H24N4OS/c1-28(15-13-22(29)25-14-12-18-8-4-2-5-9-18)23-20-16-21(19-10-6-3-7-11-19)30-24(20)27-17-26-23/h2-11,16-17H,12-15H2,1H3,(H,25,29). The molecule has 0 atom stereocenters. The minimum atomic E-state index is 0.0541. The first-order valence-electron chi connectivity index (χ1n) is 10.0. The summed E-state index contributed by atoms with van der Waals surface area (Å²) in [5, 5.41) is 4.03. The number of carbonyl (C=O) groups is 1. The average Bonchev–Trinajstić information content (AvgIpc) is 3.23. The van der Waals surface area contributed by atoms with Crippen molar-refractivity contribution in [1.82, 2.24) is 15.3 Å². The normalized spacial score (nSPS) is 10.8. The molecule has 6 heteroatoms. The Bertz CT molecular complexity index is 1110. The molecular formula is C24H24N4OS. The van der Waals surface area contributed by atoms with E-state index in [1.807, 2.05) is 48.3 Å². The van der Waals surface area contributed by atoms with Gasteiger partial charge in [0.05, 0.1) is 5.39 Å². The second-order valence-electron chi connectivity index (χ2n) is 7.15. The van der Waals surface area contributed by atoms with Gasteiger partial charge in [-0.15, -0.1) is 11.3 Å². The molecule has 152 valence electrons. The smallest absolute Gasteiger partial charge is 0.221 e. The van der Waals surface area contributed by atoms with E-state index in [-0.39, 0.29) is 5.91 Å². The van der Waals surface area contributed by atoms with Crippen molar-refractivity contribution in [2.75, 3.05) is 25.0 Å². The molecule has 0 fully saturated rings. The van der Waals surface area contributed by atoms with Crippen LogP contribution < -0.4 is 10.2 Å². The van der Waals surface area contributed by atoms with Gasteiger partial charge in [-0.1, -0.05) is 60.7 Å². The predicted octanol–water partition coefficient (Wildman–Crippen LogP) is 4.54. The fourth-order valence-corrected chi connectivity index (χ4v) is 4.35. The van der Waals surface area contributed by atoms with Crippen LogP contribution in [-0.4, -0.2) is 36.0 Å². The molecule has 0 radical (unpaired) electrons. The van der Waals surface area contributed by atoms with Crippen LogP contribution in [-0.2, 0) is 11.2 Å². The SMILES string of the molecule is CN(CCC(=O)NCCc1ccccc1)c1ncnc2sc(-c3ccccc3)cc12. The van der Waals surface area contributed by atoms with E-state index >= 15 is 0 Å². The summed E-state index contributed by atoms with van der Waals surface area (Å²) < 4.78 is 0. The summed E-state index contributed by atoms with van der Waals surface area (Å²) in [6.07, 6.45) is 2.86. The van der Waals surface area contributed by atoms with Gasteiger partial charge < -0.3 is 10.2 Å². The molecule has 0 saturated carbocycles.